The standard InChI is InChI=1S/C13H10OS/c1-8-4-10-7-13-9(2-3-15-13)5-11(10)6-12(8)14/h2-7,14H,1H3. The Morgan fingerprint density at radius 1 is 1.00 bits per heavy atom. The molecule has 0 aliphatic carbocycles. The smallest absolute Gasteiger partial charge is 0.119 e. The quantitative estimate of drug-likeness (QED) is 0.598. The molecule has 0 radical (unpaired) electrons. The molecule has 1 aromatic heterocycles. The Hall–Kier alpha value is -1.54. The number of benzene rings is 2. The van der Waals surface area contributed by atoms with E-state index in [9.17, 15) is 5.11 Å². The Kier molecular flexibility index (Phi) is 1.73. The fourth-order valence-electron chi connectivity index (χ4n) is 1.86. The van der Waals surface area contributed by atoms with Gasteiger partial charge in [-0.05, 0) is 64.4 Å². The van der Waals surface area contributed by atoms with Crippen LogP contribution in [0.25, 0.3) is 20.9 Å². The molecule has 74 valence electrons. The molecule has 1 N–H and O–H groups in total. The van der Waals surface area contributed by atoms with E-state index >= 15 is 0 Å². The normalized spacial score (nSPS) is 11.3. The number of hydrogen-bond acceptors (Lipinski definition) is 2. The number of aromatic hydroxyl groups is 1. The Morgan fingerprint density at radius 2 is 1.80 bits per heavy atom. The molecular formula is C13H10OS. The summed E-state index contributed by atoms with van der Waals surface area (Å²) in [6.07, 6.45) is 0. The molecule has 0 spiro atoms. The third kappa shape index (κ3) is 1.29. The monoisotopic (exact) mass is 214 g/mol. The maximum Gasteiger partial charge on any atom is 0.119 e. The van der Waals surface area contributed by atoms with Gasteiger partial charge < -0.3 is 5.11 Å². The van der Waals surface area contributed by atoms with Crippen LogP contribution in [0.5, 0.6) is 5.75 Å². The van der Waals surface area contributed by atoms with Crippen LogP contribution in [0.3, 0.4) is 0 Å². The zero-order chi connectivity index (χ0) is 10.4. The average molecular weight is 214 g/mol. The van der Waals surface area contributed by atoms with Crippen LogP contribution in [0.2, 0.25) is 0 Å². The molecule has 2 heteroatoms. The Labute approximate surface area is 91.6 Å². The summed E-state index contributed by atoms with van der Waals surface area (Å²) >= 11 is 1.75. The van der Waals surface area contributed by atoms with Crippen molar-refractivity contribution in [2.75, 3.05) is 0 Å². The molecule has 0 saturated heterocycles. The number of phenols is 1. The maximum absolute atomic E-state index is 9.64. The highest BCUT2D eigenvalue weighted by molar-refractivity contribution is 7.17. The van der Waals surface area contributed by atoms with Gasteiger partial charge in [-0.2, -0.15) is 0 Å². The fourth-order valence-corrected chi connectivity index (χ4v) is 2.68. The Morgan fingerprint density at radius 3 is 2.67 bits per heavy atom. The van der Waals surface area contributed by atoms with E-state index < -0.39 is 0 Å². The third-order valence-corrected chi connectivity index (χ3v) is 3.61. The third-order valence-electron chi connectivity index (χ3n) is 2.73. The predicted molar refractivity (Wildman–Crippen MR) is 65.7 cm³/mol. The first-order chi connectivity index (χ1) is 7.24. The summed E-state index contributed by atoms with van der Waals surface area (Å²) in [5.74, 6) is 0.372. The molecule has 0 unspecified atom stereocenters. The minimum Gasteiger partial charge on any atom is -0.508 e. The molecule has 0 saturated carbocycles. The molecule has 0 fully saturated rings. The minimum atomic E-state index is 0.372. The number of fused-ring (bicyclic) bond motifs is 2. The van der Waals surface area contributed by atoms with Gasteiger partial charge in [0.2, 0.25) is 0 Å². The van der Waals surface area contributed by atoms with Crippen molar-refractivity contribution in [3.63, 3.8) is 0 Å². The van der Waals surface area contributed by atoms with Gasteiger partial charge in [-0.3, -0.25) is 0 Å². The Balaban J connectivity index is 2.49. The van der Waals surface area contributed by atoms with Crippen molar-refractivity contribution in [1.29, 1.82) is 0 Å². The molecule has 3 rings (SSSR count). The zero-order valence-corrected chi connectivity index (χ0v) is 9.14. The second-order valence-corrected chi connectivity index (χ2v) is 4.74. The van der Waals surface area contributed by atoms with E-state index in [0.29, 0.717) is 5.75 Å². The lowest BCUT2D eigenvalue weighted by Crippen LogP contribution is -1.77. The SMILES string of the molecule is Cc1cc2cc3sccc3cc2cc1O. The van der Waals surface area contributed by atoms with Crippen molar-refractivity contribution in [3.05, 3.63) is 41.3 Å². The van der Waals surface area contributed by atoms with Crippen molar-refractivity contribution in [1.82, 2.24) is 0 Å². The van der Waals surface area contributed by atoms with Crippen LogP contribution in [0.1, 0.15) is 5.56 Å². The van der Waals surface area contributed by atoms with Crippen LogP contribution in [0.4, 0.5) is 0 Å². The molecular weight excluding hydrogens is 204 g/mol. The first-order valence-corrected chi connectivity index (χ1v) is 5.72. The number of aryl methyl sites for hydroxylation is 1. The highest BCUT2D eigenvalue weighted by Gasteiger charge is 2.02. The molecule has 0 aliphatic heterocycles. The number of phenolic OH excluding ortho intramolecular Hbond substituents is 1. The van der Waals surface area contributed by atoms with Crippen LogP contribution in [0, 0.1) is 6.92 Å². The first-order valence-electron chi connectivity index (χ1n) is 4.84. The number of rotatable bonds is 0. The fraction of sp³-hybridized carbons (Fsp3) is 0.0769. The lowest BCUT2D eigenvalue weighted by molar-refractivity contribution is 0.472. The van der Waals surface area contributed by atoms with Gasteiger partial charge in [0.1, 0.15) is 5.75 Å². The predicted octanol–water partition coefficient (Wildman–Crippen LogP) is 4.07. The first kappa shape index (κ1) is 8.74. The van der Waals surface area contributed by atoms with E-state index in [1.54, 1.807) is 11.3 Å². The largest absolute Gasteiger partial charge is 0.508 e. The van der Waals surface area contributed by atoms with Crippen LogP contribution < -0.4 is 0 Å². The van der Waals surface area contributed by atoms with Crippen LogP contribution >= 0.6 is 11.3 Å². The summed E-state index contributed by atoms with van der Waals surface area (Å²) in [6.45, 7) is 1.92. The van der Waals surface area contributed by atoms with Crippen molar-refractivity contribution < 1.29 is 5.11 Å². The molecule has 0 amide bonds. The summed E-state index contributed by atoms with van der Waals surface area (Å²) in [5, 5.41) is 15.3. The number of hydrogen-bond donors (Lipinski definition) is 1. The molecule has 1 nitrogen and oxygen atoms in total. The minimum absolute atomic E-state index is 0.372. The van der Waals surface area contributed by atoms with E-state index in [1.165, 1.54) is 15.5 Å². The van der Waals surface area contributed by atoms with Gasteiger partial charge in [0.05, 0.1) is 0 Å². The van der Waals surface area contributed by atoms with Gasteiger partial charge in [-0.25, -0.2) is 0 Å². The summed E-state index contributed by atoms with van der Waals surface area (Å²) in [4.78, 5) is 0. The number of thiophene rings is 1. The Bertz CT molecular complexity index is 596. The molecule has 2 aromatic carbocycles. The molecule has 0 atom stereocenters. The van der Waals surface area contributed by atoms with Gasteiger partial charge in [0.25, 0.3) is 0 Å². The van der Waals surface area contributed by atoms with Crippen molar-refractivity contribution in [2.45, 2.75) is 6.92 Å². The van der Waals surface area contributed by atoms with E-state index in [1.807, 2.05) is 19.1 Å². The van der Waals surface area contributed by atoms with Crippen molar-refractivity contribution in [3.8, 4) is 5.75 Å². The highest BCUT2D eigenvalue weighted by atomic mass is 32.1. The van der Waals surface area contributed by atoms with Gasteiger partial charge in [-0.1, -0.05) is 0 Å². The molecule has 0 aliphatic rings. The maximum atomic E-state index is 9.64. The van der Waals surface area contributed by atoms with Gasteiger partial charge in [0.15, 0.2) is 0 Å². The molecule has 0 bridgehead atoms. The second kappa shape index (κ2) is 2.97. The van der Waals surface area contributed by atoms with E-state index in [2.05, 4.69) is 23.6 Å². The highest BCUT2D eigenvalue weighted by Crippen LogP contribution is 2.30. The van der Waals surface area contributed by atoms with Crippen molar-refractivity contribution in [2.24, 2.45) is 0 Å². The second-order valence-electron chi connectivity index (χ2n) is 3.80. The lowest BCUT2D eigenvalue weighted by atomic mass is 10.1. The molecule has 15 heavy (non-hydrogen) atoms. The molecule has 3 aromatic rings. The van der Waals surface area contributed by atoms with Gasteiger partial charge in [-0.15, -0.1) is 11.3 Å². The van der Waals surface area contributed by atoms with Crippen LogP contribution in [-0.2, 0) is 0 Å². The summed E-state index contributed by atoms with van der Waals surface area (Å²) < 4.78 is 1.30. The van der Waals surface area contributed by atoms with Gasteiger partial charge in [0, 0.05) is 4.70 Å². The van der Waals surface area contributed by atoms with Crippen LogP contribution in [0.15, 0.2) is 35.7 Å². The van der Waals surface area contributed by atoms with E-state index in [-0.39, 0.29) is 0 Å². The van der Waals surface area contributed by atoms with Crippen LogP contribution in [-0.4, -0.2) is 5.11 Å². The topological polar surface area (TPSA) is 20.2 Å². The van der Waals surface area contributed by atoms with E-state index in [4.69, 9.17) is 0 Å². The summed E-state index contributed by atoms with van der Waals surface area (Å²) in [6, 6.07) is 10.3. The zero-order valence-electron chi connectivity index (χ0n) is 8.32. The van der Waals surface area contributed by atoms with Crippen molar-refractivity contribution >= 4 is 32.2 Å². The molecule has 1 heterocycles. The average Bonchev–Trinajstić information content (AvgIpc) is 2.63. The van der Waals surface area contributed by atoms with E-state index in [0.717, 1.165) is 10.9 Å². The summed E-state index contributed by atoms with van der Waals surface area (Å²) in [7, 11) is 0. The van der Waals surface area contributed by atoms with Gasteiger partial charge >= 0.3 is 0 Å². The lowest BCUT2D eigenvalue weighted by Gasteiger charge is -2.03. The summed E-state index contributed by atoms with van der Waals surface area (Å²) in [5.41, 5.74) is 0.929.